The van der Waals surface area contributed by atoms with Crippen LogP contribution in [-0.4, -0.2) is 27.4 Å². The van der Waals surface area contributed by atoms with Gasteiger partial charge in [-0.3, -0.25) is 9.48 Å². The fourth-order valence-corrected chi connectivity index (χ4v) is 2.10. The number of nitrogens with zero attached hydrogens (tertiary/aromatic N) is 3. The van der Waals surface area contributed by atoms with Crippen molar-refractivity contribution in [3.8, 4) is 0 Å². The van der Waals surface area contributed by atoms with E-state index >= 15 is 0 Å². The summed E-state index contributed by atoms with van der Waals surface area (Å²) in [5.41, 5.74) is 6.27. The van der Waals surface area contributed by atoms with E-state index in [0.717, 1.165) is 6.42 Å². The third-order valence-electron chi connectivity index (χ3n) is 2.66. The van der Waals surface area contributed by atoms with Gasteiger partial charge in [-0.1, -0.05) is 28.4 Å². The number of hydrogen-bond acceptors (Lipinski definition) is 4. The van der Waals surface area contributed by atoms with Crippen molar-refractivity contribution in [3.05, 3.63) is 40.1 Å². The van der Waals surface area contributed by atoms with Gasteiger partial charge in [-0.05, 0) is 18.6 Å². The number of benzene rings is 1. The Balaban J connectivity index is 1.86. The lowest BCUT2D eigenvalue weighted by Gasteiger charge is -2.08. The van der Waals surface area contributed by atoms with E-state index in [2.05, 4.69) is 15.6 Å². The molecule has 0 radical (unpaired) electrons. The van der Waals surface area contributed by atoms with Crippen LogP contribution in [0, 0.1) is 0 Å². The first-order valence-corrected chi connectivity index (χ1v) is 6.70. The summed E-state index contributed by atoms with van der Waals surface area (Å²) in [7, 11) is 0. The highest BCUT2D eigenvalue weighted by Gasteiger charge is 2.10. The van der Waals surface area contributed by atoms with Gasteiger partial charge in [0, 0.05) is 24.8 Å². The quantitative estimate of drug-likeness (QED) is 0.653. The monoisotopic (exact) mass is 313 g/mol. The van der Waals surface area contributed by atoms with E-state index in [4.69, 9.17) is 28.9 Å². The SMILES string of the molecule is Nc1c(Cl)cc(C(=O)NCCCn2ccnn2)cc1Cl. The second-order valence-corrected chi connectivity index (χ2v) is 4.94. The van der Waals surface area contributed by atoms with Crippen LogP contribution < -0.4 is 11.1 Å². The second-order valence-electron chi connectivity index (χ2n) is 4.13. The van der Waals surface area contributed by atoms with Crippen molar-refractivity contribution in [1.29, 1.82) is 0 Å². The number of amides is 1. The van der Waals surface area contributed by atoms with E-state index in [1.807, 2.05) is 0 Å². The van der Waals surface area contributed by atoms with Crippen molar-refractivity contribution in [2.45, 2.75) is 13.0 Å². The van der Waals surface area contributed by atoms with E-state index < -0.39 is 0 Å². The molecule has 8 heteroatoms. The lowest BCUT2D eigenvalue weighted by Crippen LogP contribution is -2.25. The molecular weight excluding hydrogens is 301 g/mol. The highest BCUT2D eigenvalue weighted by Crippen LogP contribution is 2.28. The van der Waals surface area contributed by atoms with Crippen LogP contribution >= 0.6 is 23.2 Å². The molecule has 0 unspecified atom stereocenters. The molecule has 3 N–H and O–H groups in total. The summed E-state index contributed by atoms with van der Waals surface area (Å²) in [6, 6.07) is 2.99. The van der Waals surface area contributed by atoms with E-state index in [1.54, 1.807) is 17.1 Å². The van der Waals surface area contributed by atoms with E-state index in [0.29, 0.717) is 18.7 Å². The molecule has 2 aromatic rings. The minimum Gasteiger partial charge on any atom is -0.396 e. The Hall–Kier alpha value is -1.79. The predicted octanol–water partition coefficient (Wildman–Crippen LogP) is 1.99. The maximum atomic E-state index is 11.9. The average Bonchev–Trinajstić information content (AvgIpc) is 2.93. The normalized spacial score (nSPS) is 10.5. The molecule has 0 aliphatic rings. The number of nitrogens with two attached hydrogens (primary N) is 1. The molecule has 1 aromatic carbocycles. The number of rotatable bonds is 5. The van der Waals surface area contributed by atoms with Crippen molar-refractivity contribution in [1.82, 2.24) is 20.3 Å². The first-order valence-electron chi connectivity index (χ1n) is 5.94. The molecule has 0 spiro atoms. The highest BCUT2D eigenvalue weighted by atomic mass is 35.5. The Morgan fingerprint density at radius 2 is 2.05 bits per heavy atom. The van der Waals surface area contributed by atoms with E-state index in [-0.39, 0.29) is 21.6 Å². The zero-order valence-corrected chi connectivity index (χ0v) is 12.0. The molecule has 0 aliphatic heterocycles. The summed E-state index contributed by atoms with van der Waals surface area (Å²) in [6.07, 6.45) is 4.11. The van der Waals surface area contributed by atoms with Crippen LogP contribution in [0.5, 0.6) is 0 Å². The second kappa shape index (κ2) is 6.58. The van der Waals surface area contributed by atoms with Crippen molar-refractivity contribution < 1.29 is 4.79 Å². The van der Waals surface area contributed by atoms with Crippen LogP contribution in [0.1, 0.15) is 16.8 Å². The van der Waals surface area contributed by atoms with Gasteiger partial charge < -0.3 is 11.1 Å². The Kier molecular flexibility index (Phi) is 4.81. The molecule has 0 fully saturated rings. The number of nitrogens with one attached hydrogen (secondary N) is 1. The third-order valence-corrected chi connectivity index (χ3v) is 3.29. The van der Waals surface area contributed by atoms with E-state index in [1.165, 1.54) is 12.1 Å². The maximum Gasteiger partial charge on any atom is 0.251 e. The van der Waals surface area contributed by atoms with Gasteiger partial charge in [-0.25, -0.2) is 0 Å². The third kappa shape index (κ3) is 3.61. The number of carbonyl (C=O) groups is 1. The molecular formula is C12H13Cl2N5O. The number of hydrogen-bond donors (Lipinski definition) is 2. The maximum absolute atomic E-state index is 11.9. The molecule has 20 heavy (non-hydrogen) atoms. The lowest BCUT2D eigenvalue weighted by molar-refractivity contribution is 0.0952. The Labute approximate surface area is 125 Å². The zero-order chi connectivity index (χ0) is 14.5. The molecule has 0 aliphatic carbocycles. The molecule has 1 heterocycles. The van der Waals surface area contributed by atoms with Crippen LogP contribution in [0.25, 0.3) is 0 Å². The van der Waals surface area contributed by atoms with Crippen LogP contribution in [-0.2, 0) is 6.54 Å². The van der Waals surface area contributed by atoms with Crippen molar-refractivity contribution >= 4 is 34.8 Å². The summed E-state index contributed by atoms with van der Waals surface area (Å²) in [5.74, 6) is -0.243. The molecule has 2 rings (SSSR count). The fraction of sp³-hybridized carbons (Fsp3) is 0.250. The smallest absolute Gasteiger partial charge is 0.251 e. The first kappa shape index (κ1) is 14.6. The van der Waals surface area contributed by atoms with Gasteiger partial charge in [0.05, 0.1) is 21.9 Å². The first-order chi connectivity index (χ1) is 9.58. The number of anilines is 1. The van der Waals surface area contributed by atoms with Crippen LogP contribution in [0.4, 0.5) is 5.69 Å². The summed E-state index contributed by atoms with van der Waals surface area (Å²) in [4.78, 5) is 11.9. The zero-order valence-electron chi connectivity index (χ0n) is 10.5. The van der Waals surface area contributed by atoms with Gasteiger partial charge in [-0.2, -0.15) is 0 Å². The van der Waals surface area contributed by atoms with Gasteiger partial charge in [0.1, 0.15) is 0 Å². The molecule has 1 aromatic heterocycles. The summed E-state index contributed by atoms with van der Waals surface area (Å²) >= 11 is 11.8. The van der Waals surface area contributed by atoms with Gasteiger partial charge in [-0.15, -0.1) is 5.10 Å². The Morgan fingerprint density at radius 3 is 2.65 bits per heavy atom. The summed E-state index contributed by atoms with van der Waals surface area (Å²) < 4.78 is 1.70. The van der Waals surface area contributed by atoms with Gasteiger partial charge in [0.15, 0.2) is 0 Å². The van der Waals surface area contributed by atoms with Crippen molar-refractivity contribution in [2.75, 3.05) is 12.3 Å². The topological polar surface area (TPSA) is 85.8 Å². The number of nitrogen functional groups attached to an aromatic ring is 1. The minimum absolute atomic E-state index is 0.243. The van der Waals surface area contributed by atoms with Crippen LogP contribution in [0.2, 0.25) is 10.0 Å². The number of aryl methyl sites for hydroxylation is 1. The Bertz CT molecular complexity index is 577. The molecule has 0 saturated heterocycles. The largest absolute Gasteiger partial charge is 0.396 e. The van der Waals surface area contributed by atoms with Gasteiger partial charge in [0.25, 0.3) is 5.91 Å². The molecule has 106 valence electrons. The predicted molar refractivity (Wildman–Crippen MR) is 77.8 cm³/mol. The fourth-order valence-electron chi connectivity index (χ4n) is 1.61. The summed E-state index contributed by atoms with van der Waals surface area (Å²) in [5, 5.41) is 10.8. The van der Waals surface area contributed by atoms with Gasteiger partial charge >= 0.3 is 0 Å². The number of carbonyl (C=O) groups excluding carboxylic acids is 1. The number of aromatic nitrogens is 3. The molecule has 0 bridgehead atoms. The molecule has 1 amide bonds. The molecule has 6 nitrogen and oxygen atoms in total. The van der Waals surface area contributed by atoms with Crippen molar-refractivity contribution in [2.24, 2.45) is 0 Å². The van der Waals surface area contributed by atoms with Crippen LogP contribution in [0.3, 0.4) is 0 Å². The lowest BCUT2D eigenvalue weighted by atomic mass is 10.2. The molecule has 0 atom stereocenters. The average molecular weight is 314 g/mol. The van der Waals surface area contributed by atoms with E-state index in [9.17, 15) is 4.79 Å². The van der Waals surface area contributed by atoms with Crippen LogP contribution in [0.15, 0.2) is 24.5 Å². The van der Waals surface area contributed by atoms with Crippen molar-refractivity contribution in [3.63, 3.8) is 0 Å². The minimum atomic E-state index is -0.243. The van der Waals surface area contributed by atoms with Gasteiger partial charge in [0.2, 0.25) is 0 Å². The molecule has 0 saturated carbocycles. The number of halogens is 2. The summed E-state index contributed by atoms with van der Waals surface area (Å²) in [6.45, 7) is 1.20. The standard InChI is InChI=1S/C12H13Cl2N5O/c13-9-6-8(7-10(14)11(9)15)12(20)16-2-1-4-19-5-3-17-18-19/h3,5-7H,1-2,4,15H2,(H,16,20). The highest BCUT2D eigenvalue weighted by molar-refractivity contribution is 6.39. The Morgan fingerprint density at radius 1 is 1.35 bits per heavy atom.